The molecule has 1 atom stereocenters. The van der Waals surface area contributed by atoms with Gasteiger partial charge in [-0.2, -0.15) is 0 Å². The first kappa shape index (κ1) is 13.5. The molecule has 1 heterocycles. The molecule has 1 fully saturated rings. The highest BCUT2D eigenvalue weighted by atomic mass is 32.2. The molecule has 0 bridgehead atoms. The van der Waals surface area contributed by atoms with E-state index in [1.165, 1.54) is 12.8 Å². The number of anilines is 1. The Hall–Kier alpha value is -0.900. The number of hydrogen-bond acceptors (Lipinski definition) is 4. The van der Waals surface area contributed by atoms with Crippen molar-refractivity contribution in [3.05, 3.63) is 12.1 Å². The van der Waals surface area contributed by atoms with Crippen LogP contribution in [0.5, 0.6) is 5.88 Å². The Morgan fingerprint density at radius 1 is 1.39 bits per heavy atom. The van der Waals surface area contributed by atoms with Gasteiger partial charge in [0.25, 0.3) is 0 Å². The van der Waals surface area contributed by atoms with Crippen LogP contribution in [0.2, 0.25) is 0 Å². The van der Waals surface area contributed by atoms with Gasteiger partial charge in [0, 0.05) is 5.25 Å². The summed E-state index contributed by atoms with van der Waals surface area (Å²) in [4.78, 5) is 4.51. The van der Waals surface area contributed by atoms with Gasteiger partial charge in [-0.15, -0.1) is 11.8 Å². The predicted octanol–water partition coefficient (Wildman–Crippen LogP) is 3.59. The number of nitrogens with zero attached hydrogens (tertiary/aromatic N) is 1. The molecule has 1 aliphatic carbocycles. The molecule has 0 radical (unpaired) electrons. The predicted molar refractivity (Wildman–Crippen MR) is 77.0 cm³/mol. The Labute approximate surface area is 114 Å². The van der Waals surface area contributed by atoms with Crippen LogP contribution in [0.1, 0.15) is 33.6 Å². The van der Waals surface area contributed by atoms with E-state index in [2.05, 4.69) is 25.8 Å². The van der Waals surface area contributed by atoms with Crippen molar-refractivity contribution >= 4 is 17.4 Å². The number of nitrogens with two attached hydrogens (primary N) is 1. The smallest absolute Gasteiger partial charge is 0.238 e. The van der Waals surface area contributed by atoms with Gasteiger partial charge >= 0.3 is 0 Å². The number of aromatic nitrogens is 1. The molecule has 3 nitrogen and oxygen atoms in total. The third-order valence-electron chi connectivity index (χ3n) is 3.26. The van der Waals surface area contributed by atoms with Crippen LogP contribution in [0.15, 0.2) is 17.2 Å². The van der Waals surface area contributed by atoms with Gasteiger partial charge in [-0.3, -0.25) is 0 Å². The molecule has 1 aromatic heterocycles. The number of ether oxygens (including phenoxy) is 1. The van der Waals surface area contributed by atoms with Crippen LogP contribution >= 0.6 is 11.8 Å². The quantitative estimate of drug-likeness (QED) is 0.799. The maximum absolute atomic E-state index is 5.89. The standard InChI is InChI=1S/C14H22N2OS/c1-9(2)10(3)18-13-7-6-12(15)14(16-13)17-8-11-4-5-11/h6-7,9-11H,4-5,8,15H2,1-3H3. The molecule has 0 amide bonds. The van der Waals surface area contributed by atoms with E-state index >= 15 is 0 Å². The number of thioether (sulfide) groups is 1. The summed E-state index contributed by atoms with van der Waals surface area (Å²) in [5, 5.41) is 1.54. The van der Waals surface area contributed by atoms with Gasteiger partial charge in [0.05, 0.1) is 12.3 Å². The van der Waals surface area contributed by atoms with E-state index in [0.29, 0.717) is 22.7 Å². The average molecular weight is 266 g/mol. The molecule has 0 spiro atoms. The van der Waals surface area contributed by atoms with Crippen molar-refractivity contribution < 1.29 is 4.74 Å². The Morgan fingerprint density at radius 3 is 2.72 bits per heavy atom. The number of hydrogen-bond donors (Lipinski definition) is 1. The molecule has 0 aromatic carbocycles. The van der Waals surface area contributed by atoms with E-state index in [0.717, 1.165) is 17.6 Å². The second-order valence-electron chi connectivity index (χ2n) is 5.37. The summed E-state index contributed by atoms with van der Waals surface area (Å²) in [6, 6.07) is 3.87. The summed E-state index contributed by atoms with van der Waals surface area (Å²) in [5.41, 5.74) is 6.53. The van der Waals surface area contributed by atoms with Crippen LogP contribution in [-0.2, 0) is 0 Å². The van der Waals surface area contributed by atoms with Gasteiger partial charge in [-0.05, 0) is 36.8 Å². The minimum absolute atomic E-state index is 0.539. The molecule has 0 aliphatic heterocycles. The van der Waals surface area contributed by atoms with Crippen molar-refractivity contribution in [3.8, 4) is 5.88 Å². The molecule has 1 aliphatic rings. The van der Waals surface area contributed by atoms with Gasteiger partial charge < -0.3 is 10.5 Å². The van der Waals surface area contributed by atoms with Crippen LogP contribution in [0.4, 0.5) is 5.69 Å². The van der Waals surface area contributed by atoms with Gasteiger partial charge in [0.2, 0.25) is 5.88 Å². The van der Waals surface area contributed by atoms with E-state index < -0.39 is 0 Å². The van der Waals surface area contributed by atoms with Gasteiger partial charge in [0.15, 0.2) is 0 Å². The van der Waals surface area contributed by atoms with E-state index in [1.54, 1.807) is 11.8 Å². The topological polar surface area (TPSA) is 48.1 Å². The van der Waals surface area contributed by atoms with Crippen molar-refractivity contribution in [2.24, 2.45) is 11.8 Å². The van der Waals surface area contributed by atoms with Crippen LogP contribution in [-0.4, -0.2) is 16.8 Å². The molecule has 2 N–H and O–H groups in total. The largest absolute Gasteiger partial charge is 0.476 e. The molecule has 0 saturated heterocycles. The monoisotopic (exact) mass is 266 g/mol. The lowest BCUT2D eigenvalue weighted by Crippen LogP contribution is -2.07. The minimum atomic E-state index is 0.539. The molecule has 18 heavy (non-hydrogen) atoms. The highest BCUT2D eigenvalue weighted by Gasteiger charge is 2.22. The van der Waals surface area contributed by atoms with Gasteiger partial charge in [0.1, 0.15) is 5.03 Å². The third kappa shape index (κ3) is 3.80. The normalized spacial score (nSPS) is 16.9. The lowest BCUT2D eigenvalue weighted by atomic mass is 10.2. The zero-order valence-corrected chi connectivity index (χ0v) is 12.2. The minimum Gasteiger partial charge on any atom is -0.476 e. The first-order valence-electron chi connectivity index (χ1n) is 6.62. The van der Waals surface area contributed by atoms with Crippen molar-refractivity contribution in [2.45, 2.75) is 43.9 Å². The first-order chi connectivity index (χ1) is 8.56. The molecular formula is C14H22N2OS. The molecular weight excluding hydrogens is 244 g/mol. The lowest BCUT2D eigenvalue weighted by Gasteiger charge is -2.15. The van der Waals surface area contributed by atoms with Crippen LogP contribution in [0.25, 0.3) is 0 Å². The second kappa shape index (κ2) is 5.83. The SMILES string of the molecule is CC(C)C(C)Sc1ccc(N)c(OCC2CC2)n1. The van der Waals surface area contributed by atoms with Crippen LogP contribution < -0.4 is 10.5 Å². The van der Waals surface area contributed by atoms with Crippen LogP contribution in [0.3, 0.4) is 0 Å². The Kier molecular flexibility index (Phi) is 4.38. The fraction of sp³-hybridized carbons (Fsp3) is 0.643. The van der Waals surface area contributed by atoms with E-state index in [9.17, 15) is 0 Å². The number of rotatable bonds is 6. The fourth-order valence-corrected chi connectivity index (χ4v) is 2.36. The Bertz CT molecular complexity index is 405. The average Bonchev–Trinajstić information content (AvgIpc) is 3.13. The summed E-state index contributed by atoms with van der Waals surface area (Å²) in [7, 11) is 0. The number of pyridine rings is 1. The molecule has 1 aromatic rings. The van der Waals surface area contributed by atoms with E-state index in [-0.39, 0.29) is 0 Å². The van der Waals surface area contributed by atoms with Crippen molar-refractivity contribution in [3.63, 3.8) is 0 Å². The maximum atomic E-state index is 5.89. The van der Waals surface area contributed by atoms with Gasteiger partial charge in [-0.25, -0.2) is 4.98 Å². The summed E-state index contributed by atoms with van der Waals surface area (Å²) in [5.74, 6) is 1.95. The highest BCUT2D eigenvalue weighted by molar-refractivity contribution is 7.99. The summed E-state index contributed by atoms with van der Waals surface area (Å²) >= 11 is 1.78. The Balaban J connectivity index is 1.99. The molecule has 100 valence electrons. The Morgan fingerprint density at radius 2 is 2.11 bits per heavy atom. The summed E-state index contributed by atoms with van der Waals surface area (Å²) in [6.45, 7) is 7.42. The summed E-state index contributed by atoms with van der Waals surface area (Å²) in [6.07, 6.45) is 2.55. The molecule has 4 heteroatoms. The summed E-state index contributed by atoms with van der Waals surface area (Å²) < 4.78 is 5.69. The third-order valence-corrected chi connectivity index (χ3v) is 4.65. The zero-order chi connectivity index (χ0) is 13.1. The first-order valence-corrected chi connectivity index (χ1v) is 7.50. The molecule has 2 rings (SSSR count). The molecule has 1 unspecified atom stereocenters. The lowest BCUT2D eigenvalue weighted by molar-refractivity contribution is 0.288. The highest BCUT2D eigenvalue weighted by Crippen LogP contribution is 2.32. The van der Waals surface area contributed by atoms with E-state index in [4.69, 9.17) is 10.5 Å². The second-order valence-corrected chi connectivity index (χ2v) is 6.76. The van der Waals surface area contributed by atoms with E-state index in [1.807, 2.05) is 12.1 Å². The number of nitrogen functional groups attached to an aromatic ring is 1. The van der Waals surface area contributed by atoms with Crippen molar-refractivity contribution in [1.29, 1.82) is 0 Å². The maximum Gasteiger partial charge on any atom is 0.238 e. The van der Waals surface area contributed by atoms with Crippen molar-refractivity contribution in [2.75, 3.05) is 12.3 Å². The zero-order valence-electron chi connectivity index (χ0n) is 11.3. The van der Waals surface area contributed by atoms with Crippen molar-refractivity contribution in [1.82, 2.24) is 4.98 Å². The molecule has 1 saturated carbocycles. The van der Waals surface area contributed by atoms with Gasteiger partial charge in [-0.1, -0.05) is 20.8 Å². The van der Waals surface area contributed by atoms with Crippen LogP contribution in [0, 0.1) is 11.8 Å². The fourth-order valence-electron chi connectivity index (χ4n) is 1.42.